The minimum atomic E-state index is -0.434. The molecule has 3 heteroatoms. The van der Waals surface area contributed by atoms with E-state index in [4.69, 9.17) is 5.73 Å². The molecule has 0 unspecified atom stereocenters. The summed E-state index contributed by atoms with van der Waals surface area (Å²) in [5, 5.41) is 0. The van der Waals surface area contributed by atoms with Gasteiger partial charge in [-0.15, -0.1) is 0 Å². The number of rotatable bonds is 1. The molecule has 1 amide bonds. The van der Waals surface area contributed by atoms with Crippen molar-refractivity contribution >= 4 is 5.91 Å². The van der Waals surface area contributed by atoms with Crippen molar-refractivity contribution in [3.05, 3.63) is 29.6 Å². The molecule has 0 radical (unpaired) electrons. The predicted octanol–water partition coefficient (Wildman–Crippen LogP) is 2.15. The molecule has 0 fully saturated rings. The van der Waals surface area contributed by atoms with Crippen molar-refractivity contribution in [1.29, 1.82) is 0 Å². The summed E-state index contributed by atoms with van der Waals surface area (Å²) in [4.78, 5) is 14.3. The van der Waals surface area contributed by atoms with Crippen molar-refractivity contribution in [1.82, 2.24) is 4.98 Å². The number of nitrogens with zero attached hydrogens (tertiary/aromatic N) is 1. The topological polar surface area (TPSA) is 56.0 Å². The third-order valence-corrected chi connectivity index (χ3v) is 1.16. The Morgan fingerprint density at radius 1 is 1.36 bits per heavy atom. The van der Waals surface area contributed by atoms with E-state index >= 15 is 0 Å². The second kappa shape index (κ2) is 6.13. The Hall–Kier alpha value is -1.38. The number of nitrogens with two attached hydrogens (primary N) is 1. The first-order chi connectivity index (χ1) is 6.43. The van der Waals surface area contributed by atoms with Crippen LogP contribution in [0.15, 0.2) is 18.5 Å². The average Bonchev–Trinajstić information content (AvgIpc) is 2.03. The first kappa shape index (κ1) is 12.6. The fourth-order valence-electron chi connectivity index (χ4n) is 0.690. The highest BCUT2D eigenvalue weighted by Gasteiger charge is 1.97. The average molecular weight is 194 g/mol. The SMILES string of the molecule is CC(C)C.Cc1cncc(C(N)=O)c1. The van der Waals surface area contributed by atoms with Crippen molar-refractivity contribution in [2.45, 2.75) is 27.7 Å². The Balaban J connectivity index is 0.000000364. The molecule has 0 aromatic carbocycles. The van der Waals surface area contributed by atoms with E-state index in [2.05, 4.69) is 25.8 Å². The van der Waals surface area contributed by atoms with Crippen LogP contribution >= 0.6 is 0 Å². The molecular weight excluding hydrogens is 176 g/mol. The van der Waals surface area contributed by atoms with Gasteiger partial charge in [-0.1, -0.05) is 20.8 Å². The maximum atomic E-state index is 10.5. The Morgan fingerprint density at radius 3 is 2.14 bits per heavy atom. The summed E-state index contributed by atoms with van der Waals surface area (Å²) < 4.78 is 0. The van der Waals surface area contributed by atoms with Crippen LogP contribution in [-0.2, 0) is 0 Å². The molecule has 1 rings (SSSR count). The van der Waals surface area contributed by atoms with Crippen LogP contribution < -0.4 is 5.73 Å². The summed E-state index contributed by atoms with van der Waals surface area (Å²) in [5.74, 6) is 0.399. The molecule has 0 aliphatic carbocycles. The van der Waals surface area contributed by atoms with E-state index in [0.29, 0.717) is 5.56 Å². The maximum Gasteiger partial charge on any atom is 0.250 e. The second-order valence-electron chi connectivity index (χ2n) is 3.85. The molecule has 1 aromatic rings. The number of amides is 1. The number of hydrogen-bond donors (Lipinski definition) is 1. The van der Waals surface area contributed by atoms with Gasteiger partial charge in [-0.2, -0.15) is 0 Å². The number of pyridine rings is 1. The van der Waals surface area contributed by atoms with Gasteiger partial charge in [0.2, 0.25) is 5.91 Å². The van der Waals surface area contributed by atoms with E-state index in [1.807, 2.05) is 6.92 Å². The lowest BCUT2D eigenvalue weighted by atomic mass is 10.2. The number of carbonyl (C=O) groups excluding carboxylic acids is 1. The Kier molecular flexibility index (Phi) is 5.53. The molecule has 1 aromatic heterocycles. The van der Waals surface area contributed by atoms with Crippen LogP contribution in [0.2, 0.25) is 0 Å². The third-order valence-electron chi connectivity index (χ3n) is 1.16. The molecule has 2 N–H and O–H groups in total. The summed E-state index contributed by atoms with van der Waals surface area (Å²) in [7, 11) is 0. The van der Waals surface area contributed by atoms with Crippen molar-refractivity contribution in [2.75, 3.05) is 0 Å². The molecule has 3 nitrogen and oxygen atoms in total. The zero-order valence-electron chi connectivity index (χ0n) is 9.24. The van der Waals surface area contributed by atoms with Crippen LogP contribution in [0.1, 0.15) is 36.7 Å². The first-order valence-electron chi connectivity index (χ1n) is 4.65. The van der Waals surface area contributed by atoms with E-state index in [1.54, 1.807) is 12.3 Å². The fraction of sp³-hybridized carbons (Fsp3) is 0.455. The van der Waals surface area contributed by atoms with Gasteiger partial charge >= 0.3 is 0 Å². The minimum absolute atomic E-state index is 0.434. The number of hydrogen-bond acceptors (Lipinski definition) is 2. The molecule has 1 heterocycles. The van der Waals surface area contributed by atoms with Gasteiger partial charge in [-0.3, -0.25) is 9.78 Å². The molecule has 0 aliphatic heterocycles. The zero-order valence-corrected chi connectivity index (χ0v) is 9.24. The standard InChI is InChI=1S/C7H8N2O.C4H10/c1-5-2-6(7(8)10)4-9-3-5;1-4(2)3/h2-4H,1H3,(H2,8,10);4H,1-3H3. The van der Waals surface area contributed by atoms with Gasteiger partial charge < -0.3 is 5.73 Å². The maximum absolute atomic E-state index is 10.5. The molecule has 0 saturated heterocycles. The number of primary amides is 1. The number of aryl methyl sites for hydroxylation is 1. The largest absolute Gasteiger partial charge is 0.366 e. The molecular formula is C11H18N2O. The normalized spacial score (nSPS) is 9.21. The van der Waals surface area contributed by atoms with E-state index in [9.17, 15) is 4.79 Å². The van der Waals surface area contributed by atoms with Crippen molar-refractivity contribution in [3.63, 3.8) is 0 Å². The smallest absolute Gasteiger partial charge is 0.250 e. The quantitative estimate of drug-likeness (QED) is 0.744. The highest BCUT2D eigenvalue weighted by molar-refractivity contribution is 5.92. The van der Waals surface area contributed by atoms with Gasteiger partial charge in [0.05, 0.1) is 5.56 Å². The summed E-state index contributed by atoms with van der Waals surface area (Å²) in [6.07, 6.45) is 3.13. The van der Waals surface area contributed by atoms with Crippen LogP contribution in [0.4, 0.5) is 0 Å². The van der Waals surface area contributed by atoms with Crippen molar-refractivity contribution in [3.8, 4) is 0 Å². The van der Waals surface area contributed by atoms with E-state index < -0.39 is 5.91 Å². The Morgan fingerprint density at radius 2 is 1.86 bits per heavy atom. The number of carbonyl (C=O) groups is 1. The van der Waals surface area contributed by atoms with E-state index in [0.717, 1.165) is 11.5 Å². The van der Waals surface area contributed by atoms with Crippen molar-refractivity contribution < 1.29 is 4.79 Å². The third kappa shape index (κ3) is 6.17. The van der Waals surface area contributed by atoms with Crippen LogP contribution in [0.3, 0.4) is 0 Å². The van der Waals surface area contributed by atoms with Crippen LogP contribution in [-0.4, -0.2) is 10.9 Å². The van der Waals surface area contributed by atoms with Gasteiger partial charge in [0.25, 0.3) is 0 Å². The lowest BCUT2D eigenvalue weighted by molar-refractivity contribution is 0.1000. The summed E-state index contributed by atoms with van der Waals surface area (Å²) in [6, 6.07) is 1.70. The van der Waals surface area contributed by atoms with Crippen LogP contribution in [0.25, 0.3) is 0 Å². The summed E-state index contributed by atoms with van der Waals surface area (Å²) in [6.45, 7) is 8.36. The minimum Gasteiger partial charge on any atom is -0.366 e. The molecule has 0 bridgehead atoms. The molecule has 0 saturated carbocycles. The number of aromatic nitrogens is 1. The van der Waals surface area contributed by atoms with E-state index in [-0.39, 0.29) is 0 Å². The van der Waals surface area contributed by atoms with Gasteiger partial charge in [0.1, 0.15) is 0 Å². The molecule has 14 heavy (non-hydrogen) atoms. The Bertz CT molecular complexity index is 292. The van der Waals surface area contributed by atoms with Gasteiger partial charge in [0.15, 0.2) is 0 Å². The summed E-state index contributed by atoms with van der Waals surface area (Å²) in [5.41, 5.74) is 6.40. The monoisotopic (exact) mass is 194 g/mol. The lowest BCUT2D eigenvalue weighted by Crippen LogP contribution is -2.11. The second-order valence-corrected chi connectivity index (χ2v) is 3.85. The van der Waals surface area contributed by atoms with E-state index in [1.165, 1.54) is 6.20 Å². The van der Waals surface area contributed by atoms with Gasteiger partial charge in [-0.05, 0) is 24.5 Å². The Labute approximate surface area is 85.3 Å². The predicted molar refractivity (Wildman–Crippen MR) is 58.0 cm³/mol. The zero-order chi connectivity index (χ0) is 11.1. The first-order valence-corrected chi connectivity index (χ1v) is 4.65. The molecule has 0 atom stereocenters. The van der Waals surface area contributed by atoms with Gasteiger partial charge in [-0.25, -0.2) is 0 Å². The fourth-order valence-corrected chi connectivity index (χ4v) is 0.690. The van der Waals surface area contributed by atoms with Crippen molar-refractivity contribution in [2.24, 2.45) is 11.7 Å². The van der Waals surface area contributed by atoms with Crippen LogP contribution in [0.5, 0.6) is 0 Å². The van der Waals surface area contributed by atoms with Gasteiger partial charge in [0, 0.05) is 12.4 Å². The highest BCUT2D eigenvalue weighted by atomic mass is 16.1. The molecule has 0 aliphatic rings. The molecule has 0 spiro atoms. The molecule has 78 valence electrons. The lowest BCUT2D eigenvalue weighted by Gasteiger charge is -1.93. The summed E-state index contributed by atoms with van der Waals surface area (Å²) >= 11 is 0. The van der Waals surface area contributed by atoms with Crippen LogP contribution in [0, 0.1) is 12.8 Å². The highest BCUT2D eigenvalue weighted by Crippen LogP contribution is 1.98.